The molecule has 35 heavy (non-hydrogen) atoms. The summed E-state index contributed by atoms with van der Waals surface area (Å²) in [5.41, 5.74) is 0.717. The molecule has 2 unspecified atom stereocenters. The van der Waals surface area contributed by atoms with Crippen molar-refractivity contribution in [1.29, 1.82) is 0 Å². The maximum absolute atomic E-state index is 14.2. The fourth-order valence-corrected chi connectivity index (χ4v) is 3.84. The van der Waals surface area contributed by atoms with Crippen LogP contribution < -0.4 is 5.32 Å². The Morgan fingerprint density at radius 2 is 1.94 bits per heavy atom. The first-order chi connectivity index (χ1) is 16.6. The van der Waals surface area contributed by atoms with Crippen LogP contribution in [0.15, 0.2) is 48.7 Å². The van der Waals surface area contributed by atoms with Crippen LogP contribution in [0.2, 0.25) is 5.02 Å². The van der Waals surface area contributed by atoms with Crippen molar-refractivity contribution >= 4 is 23.5 Å². The zero-order chi connectivity index (χ0) is 25.6. The monoisotopic (exact) mass is 502 g/mol. The van der Waals surface area contributed by atoms with Crippen molar-refractivity contribution in [2.45, 2.75) is 45.8 Å². The number of nitrogens with one attached hydrogen (secondary N) is 2. The quantitative estimate of drug-likeness (QED) is 0.355. The Morgan fingerprint density at radius 1 is 1.23 bits per heavy atom. The summed E-state index contributed by atoms with van der Waals surface area (Å²) in [6.45, 7) is 5.24. The molecule has 2 aromatic carbocycles. The lowest BCUT2D eigenvalue weighted by atomic mass is 9.82. The molecule has 3 rings (SSSR count). The first-order valence-electron chi connectivity index (χ1n) is 11.1. The van der Waals surface area contributed by atoms with E-state index in [1.54, 1.807) is 25.1 Å². The molecule has 3 aromatic rings. The summed E-state index contributed by atoms with van der Waals surface area (Å²) in [5.74, 6) is -1.88. The summed E-state index contributed by atoms with van der Waals surface area (Å²) in [7, 11) is 0. The van der Waals surface area contributed by atoms with Gasteiger partial charge in [-0.3, -0.25) is 9.59 Å². The van der Waals surface area contributed by atoms with Gasteiger partial charge in [-0.25, -0.2) is 4.39 Å². The van der Waals surface area contributed by atoms with Crippen LogP contribution in [0.4, 0.5) is 4.39 Å². The van der Waals surface area contributed by atoms with Gasteiger partial charge in [0.2, 0.25) is 0 Å². The molecular formula is C25H28ClFN4O4. The first-order valence-corrected chi connectivity index (χ1v) is 11.5. The van der Waals surface area contributed by atoms with Gasteiger partial charge in [-0.1, -0.05) is 35.9 Å². The molecule has 1 heterocycles. The molecule has 0 aliphatic heterocycles. The third-order valence-electron chi connectivity index (χ3n) is 5.61. The minimum atomic E-state index is -1.24. The molecule has 0 aliphatic carbocycles. The van der Waals surface area contributed by atoms with E-state index in [0.717, 1.165) is 5.56 Å². The number of halogens is 2. The van der Waals surface area contributed by atoms with Crippen molar-refractivity contribution in [3.63, 3.8) is 0 Å². The molecule has 186 valence electrons. The van der Waals surface area contributed by atoms with E-state index in [2.05, 4.69) is 20.7 Å². The van der Waals surface area contributed by atoms with E-state index in [9.17, 15) is 19.1 Å². The number of carbonyl (C=O) groups is 2. The van der Waals surface area contributed by atoms with Crippen LogP contribution >= 0.6 is 11.6 Å². The van der Waals surface area contributed by atoms with Crippen LogP contribution in [0.25, 0.3) is 11.1 Å². The van der Waals surface area contributed by atoms with E-state index in [4.69, 9.17) is 16.3 Å². The molecule has 0 radical (unpaired) electrons. The van der Waals surface area contributed by atoms with Gasteiger partial charge in [-0.2, -0.15) is 15.4 Å². The van der Waals surface area contributed by atoms with E-state index in [1.165, 1.54) is 18.3 Å². The normalized spacial score (nSPS) is 13.9. The smallest absolute Gasteiger partial charge is 0.311 e. The fourth-order valence-electron chi connectivity index (χ4n) is 3.67. The number of carboxylic acids is 1. The van der Waals surface area contributed by atoms with Crippen molar-refractivity contribution in [3.8, 4) is 11.1 Å². The average Bonchev–Trinajstić information content (AvgIpc) is 3.35. The molecule has 0 saturated carbocycles. The Balaban J connectivity index is 1.83. The highest BCUT2D eigenvalue weighted by Crippen LogP contribution is 2.29. The molecule has 8 nitrogen and oxygen atoms in total. The van der Waals surface area contributed by atoms with Crippen LogP contribution in [0.5, 0.6) is 0 Å². The second kappa shape index (κ2) is 11.4. The summed E-state index contributed by atoms with van der Waals surface area (Å²) in [4.78, 5) is 24.8. The maximum atomic E-state index is 14.2. The van der Waals surface area contributed by atoms with Gasteiger partial charge in [0.15, 0.2) is 5.69 Å². The number of nitrogens with zero attached hydrogens (tertiary/aromatic N) is 2. The van der Waals surface area contributed by atoms with E-state index in [0.29, 0.717) is 22.6 Å². The first kappa shape index (κ1) is 26.3. The number of rotatable bonds is 11. The Labute approximate surface area is 207 Å². The Hall–Kier alpha value is -3.30. The number of aliphatic carboxylic acids is 1. The predicted molar refractivity (Wildman–Crippen MR) is 130 cm³/mol. The zero-order valence-electron chi connectivity index (χ0n) is 19.7. The van der Waals surface area contributed by atoms with E-state index < -0.39 is 23.3 Å². The molecule has 10 heteroatoms. The highest BCUT2D eigenvalue weighted by atomic mass is 35.5. The summed E-state index contributed by atoms with van der Waals surface area (Å²) in [6.07, 6.45) is 1.60. The van der Waals surface area contributed by atoms with Crippen LogP contribution in [-0.2, 0) is 16.0 Å². The lowest BCUT2D eigenvalue weighted by molar-refractivity contribution is -0.153. The molecular weight excluding hydrogens is 475 g/mol. The summed E-state index contributed by atoms with van der Waals surface area (Å²) in [5, 5.41) is 23.0. The van der Waals surface area contributed by atoms with Gasteiger partial charge in [0.25, 0.3) is 5.91 Å². The minimum absolute atomic E-state index is 0.0106. The van der Waals surface area contributed by atoms with Crippen LogP contribution in [0.3, 0.4) is 0 Å². The molecule has 0 bridgehead atoms. The highest BCUT2D eigenvalue weighted by molar-refractivity contribution is 6.30. The summed E-state index contributed by atoms with van der Waals surface area (Å²) >= 11 is 6.01. The fraction of sp³-hybridized carbons (Fsp3) is 0.360. The Morgan fingerprint density at radius 3 is 2.54 bits per heavy atom. The van der Waals surface area contributed by atoms with Gasteiger partial charge < -0.3 is 15.2 Å². The van der Waals surface area contributed by atoms with Crippen LogP contribution in [0, 0.1) is 11.2 Å². The number of aromatic amines is 1. The number of benzene rings is 2. The number of H-pyrrole nitrogens is 1. The number of hydrogen-bond donors (Lipinski definition) is 3. The molecule has 2 atom stereocenters. The maximum Gasteiger partial charge on any atom is 0.311 e. The molecule has 0 fully saturated rings. The predicted octanol–water partition coefficient (Wildman–Crippen LogP) is 4.51. The van der Waals surface area contributed by atoms with Crippen molar-refractivity contribution in [2.24, 2.45) is 5.41 Å². The van der Waals surface area contributed by atoms with Gasteiger partial charge in [0.1, 0.15) is 5.82 Å². The van der Waals surface area contributed by atoms with Crippen LogP contribution in [-0.4, -0.2) is 51.1 Å². The van der Waals surface area contributed by atoms with E-state index in [-0.39, 0.29) is 30.6 Å². The van der Waals surface area contributed by atoms with Gasteiger partial charge >= 0.3 is 5.97 Å². The minimum Gasteiger partial charge on any atom is -0.481 e. The number of aromatic nitrogens is 3. The second-order valence-corrected chi connectivity index (χ2v) is 9.42. The zero-order valence-corrected chi connectivity index (χ0v) is 20.5. The third-order valence-corrected chi connectivity index (χ3v) is 5.84. The summed E-state index contributed by atoms with van der Waals surface area (Å²) in [6, 6.07) is 11.0. The SMILES string of the molecule is CC(C)OCC(C)(CC(Cc1ccc(-c2cc(Cl)ccc2F)cc1)NC(=O)c1cn[nH]n1)C(=O)O. The number of carbonyl (C=O) groups excluding carboxylic acids is 1. The highest BCUT2D eigenvalue weighted by Gasteiger charge is 2.37. The van der Waals surface area contributed by atoms with E-state index >= 15 is 0 Å². The van der Waals surface area contributed by atoms with E-state index in [1.807, 2.05) is 26.0 Å². The van der Waals surface area contributed by atoms with Crippen molar-refractivity contribution < 1.29 is 23.8 Å². The van der Waals surface area contributed by atoms with Crippen molar-refractivity contribution in [2.75, 3.05) is 6.61 Å². The molecule has 3 N–H and O–H groups in total. The van der Waals surface area contributed by atoms with Crippen molar-refractivity contribution in [1.82, 2.24) is 20.7 Å². The Kier molecular flexibility index (Phi) is 8.58. The van der Waals surface area contributed by atoms with Gasteiger partial charge in [0.05, 0.1) is 24.3 Å². The standard InChI is InChI=1S/C25H28ClFN4O4/c1-15(2)35-14-25(3,24(33)34)12-19(29-23(32)22-13-28-31-30-22)10-16-4-6-17(7-5-16)20-11-18(26)8-9-21(20)27/h4-9,11,13,15,19H,10,12,14H2,1-3H3,(H,29,32)(H,33,34)(H,28,30,31). The van der Waals surface area contributed by atoms with Gasteiger partial charge in [-0.15, -0.1) is 0 Å². The molecule has 1 aromatic heterocycles. The van der Waals surface area contributed by atoms with Gasteiger partial charge in [0, 0.05) is 16.6 Å². The van der Waals surface area contributed by atoms with Crippen molar-refractivity contribution in [3.05, 3.63) is 70.8 Å². The summed E-state index contributed by atoms with van der Waals surface area (Å²) < 4.78 is 19.9. The molecule has 0 aliphatic rings. The number of carboxylic acid groups (broad SMARTS) is 1. The number of amides is 1. The number of hydrogen-bond acceptors (Lipinski definition) is 5. The van der Waals surface area contributed by atoms with Crippen LogP contribution in [0.1, 0.15) is 43.2 Å². The molecule has 0 saturated heterocycles. The lowest BCUT2D eigenvalue weighted by Crippen LogP contribution is -2.44. The molecule has 1 amide bonds. The lowest BCUT2D eigenvalue weighted by Gasteiger charge is -2.30. The average molecular weight is 503 g/mol. The second-order valence-electron chi connectivity index (χ2n) is 8.98. The third kappa shape index (κ3) is 7.10. The largest absolute Gasteiger partial charge is 0.481 e. The molecule has 0 spiro atoms. The van der Waals surface area contributed by atoms with Gasteiger partial charge in [-0.05, 0) is 62.9 Å². The Bertz CT molecular complexity index is 1150. The topological polar surface area (TPSA) is 117 Å². The number of ether oxygens (including phenoxy) is 1.